The molecule has 192 valence electrons. The first-order valence-electron chi connectivity index (χ1n) is 11.7. The average molecular weight is 511 g/mol. The van der Waals surface area contributed by atoms with E-state index < -0.39 is 5.97 Å². The number of aromatic amines is 1. The number of methoxy groups -OCH3 is 2. The number of hydrogen-bond donors (Lipinski definition) is 2. The molecule has 0 spiro atoms. The van der Waals surface area contributed by atoms with Gasteiger partial charge in [-0.05, 0) is 85.1 Å². The Morgan fingerprint density at radius 1 is 1.03 bits per heavy atom. The van der Waals surface area contributed by atoms with E-state index in [2.05, 4.69) is 26.1 Å². The van der Waals surface area contributed by atoms with E-state index >= 15 is 0 Å². The van der Waals surface area contributed by atoms with Crippen LogP contribution < -0.4 is 14.8 Å². The Kier molecular flexibility index (Phi) is 7.73. The molecule has 0 aliphatic carbocycles. The number of nitriles is 1. The first kappa shape index (κ1) is 26.0. The molecule has 4 aromatic rings. The van der Waals surface area contributed by atoms with Crippen molar-refractivity contribution >= 4 is 40.2 Å². The number of amides is 1. The van der Waals surface area contributed by atoms with Crippen LogP contribution in [-0.4, -0.2) is 42.7 Å². The van der Waals surface area contributed by atoms with E-state index in [1.54, 1.807) is 48.5 Å². The van der Waals surface area contributed by atoms with Gasteiger partial charge >= 0.3 is 5.97 Å². The van der Waals surface area contributed by atoms with Crippen LogP contribution in [0, 0.1) is 25.2 Å². The van der Waals surface area contributed by atoms with Gasteiger partial charge in [0, 0.05) is 5.69 Å². The van der Waals surface area contributed by atoms with Gasteiger partial charge in [-0.25, -0.2) is 9.78 Å². The monoisotopic (exact) mass is 510 g/mol. The highest BCUT2D eigenvalue weighted by atomic mass is 16.5. The van der Waals surface area contributed by atoms with Gasteiger partial charge in [-0.15, -0.1) is 0 Å². The van der Waals surface area contributed by atoms with Crippen molar-refractivity contribution in [3.05, 3.63) is 82.7 Å². The number of rotatable bonds is 8. The topological polar surface area (TPSA) is 126 Å². The molecule has 0 saturated carbocycles. The molecule has 0 atom stereocenters. The minimum atomic E-state index is -0.457. The van der Waals surface area contributed by atoms with Crippen molar-refractivity contribution in [2.24, 2.45) is 0 Å². The summed E-state index contributed by atoms with van der Waals surface area (Å²) >= 11 is 0. The number of aryl methyl sites for hydroxylation is 2. The summed E-state index contributed by atoms with van der Waals surface area (Å²) in [6, 6.07) is 17.7. The number of hydrogen-bond acceptors (Lipinski definition) is 7. The van der Waals surface area contributed by atoms with Gasteiger partial charge in [0.2, 0.25) is 0 Å². The second kappa shape index (κ2) is 11.3. The molecule has 3 aromatic carbocycles. The molecule has 0 fully saturated rings. The summed E-state index contributed by atoms with van der Waals surface area (Å²) in [6.07, 6.45) is 1.70. The molecular formula is C29H26N4O5. The van der Waals surface area contributed by atoms with Gasteiger partial charge in [0.25, 0.3) is 5.91 Å². The Bertz CT molecular complexity index is 1540. The third-order valence-electron chi connectivity index (χ3n) is 5.92. The largest absolute Gasteiger partial charge is 0.493 e. The standard InChI is InChI=1S/C29H26N4O5/c1-17-11-23-24(12-18(17)2)33-28(32-23)21(15-30)13-19-5-10-25(26(14-19)36-3)38-16-27(34)31-22-8-6-20(7-9-22)29(35)37-4/h5-14H,16H2,1-4H3,(H,31,34)(H,32,33)/b21-13+. The molecule has 0 saturated heterocycles. The van der Waals surface area contributed by atoms with Crippen LogP contribution in [0.2, 0.25) is 0 Å². The van der Waals surface area contributed by atoms with E-state index in [1.165, 1.54) is 14.2 Å². The van der Waals surface area contributed by atoms with E-state index in [1.807, 2.05) is 26.0 Å². The lowest BCUT2D eigenvalue weighted by molar-refractivity contribution is -0.118. The number of fused-ring (bicyclic) bond motifs is 1. The van der Waals surface area contributed by atoms with Crippen molar-refractivity contribution in [1.82, 2.24) is 9.97 Å². The highest BCUT2D eigenvalue weighted by Crippen LogP contribution is 2.30. The van der Waals surface area contributed by atoms with Gasteiger partial charge in [0.05, 0.1) is 36.4 Å². The van der Waals surface area contributed by atoms with Crippen LogP contribution >= 0.6 is 0 Å². The smallest absolute Gasteiger partial charge is 0.337 e. The fraction of sp³-hybridized carbons (Fsp3) is 0.172. The van der Waals surface area contributed by atoms with E-state index in [0.29, 0.717) is 39.7 Å². The average Bonchev–Trinajstić information content (AvgIpc) is 3.33. The Labute approximate surface area is 219 Å². The number of nitrogens with one attached hydrogen (secondary N) is 2. The van der Waals surface area contributed by atoms with Gasteiger partial charge in [-0.2, -0.15) is 5.26 Å². The molecular weight excluding hydrogens is 484 g/mol. The molecule has 1 amide bonds. The Balaban J connectivity index is 1.45. The first-order valence-corrected chi connectivity index (χ1v) is 11.7. The van der Waals surface area contributed by atoms with Crippen molar-refractivity contribution in [1.29, 1.82) is 5.26 Å². The van der Waals surface area contributed by atoms with E-state index in [-0.39, 0.29) is 12.5 Å². The number of anilines is 1. The van der Waals surface area contributed by atoms with Gasteiger partial charge in [0.1, 0.15) is 11.9 Å². The molecule has 1 heterocycles. The van der Waals surface area contributed by atoms with Gasteiger partial charge in [0.15, 0.2) is 18.1 Å². The van der Waals surface area contributed by atoms with Crippen LogP contribution in [0.3, 0.4) is 0 Å². The zero-order chi connectivity index (χ0) is 27.2. The maximum absolute atomic E-state index is 12.4. The van der Waals surface area contributed by atoms with Crippen molar-refractivity contribution in [3.63, 3.8) is 0 Å². The fourth-order valence-electron chi connectivity index (χ4n) is 3.76. The molecule has 4 rings (SSSR count). The molecule has 0 unspecified atom stereocenters. The van der Waals surface area contributed by atoms with Crippen molar-refractivity contribution < 1.29 is 23.8 Å². The molecule has 9 heteroatoms. The number of esters is 1. The van der Waals surface area contributed by atoms with E-state index in [0.717, 1.165) is 22.2 Å². The quantitative estimate of drug-likeness (QED) is 0.251. The number of H-pyrrole nitrogens is 1. The van der Waals surface area contributed by atoms with Gasteiger partial charge in [-0.3, -0.25) is 4.79 Å². The third-order valence-corrected chi connectivity index (χ3v) is 5.92. The van der Waals surface area contributed by atoms with Crippen LogP contribution in [0.25, 0.3) is 22.7 Å². The minimum absolute atomic E-state index is 0.258. The Hall–Kier alpha value is -5.10. The second-order valence-electron chi connectivity index (χ2n) is 8.52. The van der Waals surface area contributed by atoms with Crippen molar-refractivity contribution in [3.8, 4) is 17.6 Å². The number of nitrogens with zero attached hydrogens (tertiary/aromatic N) is 2. The van der Waals surface area contributed by atoms with E-state index in [4.69, 9.17) is 9.47 Å². The second-order valence-corrected chi connectivity index (χ2v) is 8.52. The SMILES string of the molecule is COC(=O)c1ccc(NC(=O)COc2ccc(/C=C(\C#N)c3nc4cc(C)c(C)cc4[nH]3)cc2OC)cc1. The third kappa shape index (κ3) is 5.82. The summed E-state index contributed by atoms with van der Waals surface area (Å²) in [5.74, 6) is 0.407. The summed E-state index contributed by atoms with van der Waals surface area (Å²) in [5.41, 5.74) is 5.89. The number of carbonyl (C=O) groups excluding carboxylic acids is 2. The molecule has 0 bridgehead atoms. The van der Waals surface area contributed by atoms with Crippen LogP contribution in [0.1, 0.15) is 32.9 Å². The predicted molar refractivity (Wildman–Crippen MR) is 144 cm³/mol. The highest BCUT2D eigenvalue weighted by Gasteiger charge is 2.12. The summed E-state index contributed by atoms with van der Waals surface area (Å²) < 4.78 is 15.8. The van der Waals surface area contributed by atoms with Crippen LogP contribution in [0.15, 0.2) is 54.6 Å². The van der Waals surface area contributed by atoms with Gasteiger partial charge in [-0.1, -0.05) is 6.07 Å². The normalized spacial score (nSPS) is 11.1. The molecule has 1 aromatic heterocycles. The minimum Gasteiger partial charge on any atom is -0.493 e. The van der Waals surface area contributed by atoms with Crippen LogP contribution in [0.5, 0.6) is 11.5 Å². The van der Waals surface area contributed by atoms with Crippen LogP contribution in [0.4, 0.5) is 5.69 Å². The predicted octanol–water partition coefficient (Wildman–Crippen LogP) is 5.06. The number of imidazole rings is 1. The number of allylic oxidation sites excluding steroid dienone is 1. The maximum atomic E-state index is 12.4. The Morgan fingerprint density at radius 2 is 1.76 bits per heavy atom. The summed E-state index contributed by atoms with van der Waals surface area (Å²) in [5, 5.41) is 12.5. The van der Waals surface area contributed by atoms with Crippen molar-refractivity contribution in [2.75, 3.05) is 26.1 Å². The molecule has 0 aliphatic heterocycles. The van der Waals surface area contributed by atoms with Gasteiger partial charge < -0.3 is 24.5 Å². The van der Waals surface area contributed by atoms with Crippen LogP contribution in [-0.2, 0) is 9.53 Å². The zero-order valence-corrected chi connectivity index (χ0v) is 21.4. The fourth-order valence-corrected chi connectivity index (χ4v) is 3.76. The number of ether oxygens (including phenoxy) is 3. The zero-order valence-electron chi connectivity index (χ0n) is 21.4. The summed E-state index contributed by atoms with van der Waals surface area (Å²) in [4.78, 5) is 31.7. The lowest BCUT2D eigenvalue weighted by Gasteiger charge is -2.12. The number of aromatic nitrogens is 2. The first-order chi connectivity index (χ1) is 18.3. The Morgan fingerprint density at radius 3 is 2.45 bits per heavy atom. The molecule has 38 heavy (non-hydrogen) atoms. The summed E-state index contributed by atoms with van der Waals surface area (Å²) in [6.45, 7) is 3.79. The highest BCUT2D eigenvalue weighted by molar-refractivity contribution is 5.94. The molecule has 2 N–H and O–H groups in total. The van der Waals surface area contributed by atoms with Crippen molar-refractivity contribution in [2.45, 2.75) is 13.8 Å². The molecule has 9 nitrogen and oxygen atoms in total. The lowest BCUT2D eigenvalue weighted by Crippen LogP contribution is -2.20. The molecule has 0 aliphatic rings. The lowest BCUT2D eigenvalue weighted by atomic mass is 10.1. The van der Waals surface area contributed by atoms with E-state index in [9.17, 15) is 14.9 Å². The summed E-state index contributed by atoms with van der Waals surface area (Å²) in [7, 11) is 2.80. The maximum Gasteiger partial charge on any atom is 0.337 e. The number of carbonyl (C=O) groups is 2. The number of benzene rings is 3. The molecule has 0 radical (unpaired) electrons.